The number of carbonyl (C=O) groups is 1. The normalized spacial score (nSPS) is 12.8. The predicted molar refractivity (Wildman–Crippen MR) is 132 cm³/mol. The summed E-state index contributed by atoms with van der Waals surface area (Å²) in [6.45, 7) is 11.0. The second-order valence-electron chi connectivity index (χ2n) is 9.40. The summed E-state index contributed by atoms with van der Waals surface area (Å²) in [6, 6.07) is 17.3. The molecule has 0 amide bonds. The summed E-state index contributed by atoms with van der Waals surface area (Å²) in [5.41, 5.74) is 1.49. The van der Waals surface area contributed by atoms with Crippen molar-refractivity contribution in [3.05, 3.63) is 82.9 Å². The van der Waals surface area contributed by atoms with Crippen LogP contribution in [0.3, 0.4) is 0 Å². The van der Waals surface area contributed by atoms with E-state index in [1.165, 1.54) is 0 Å². The van der Waals surface area contributed by atoms with Gasteiger partial charge in [0.2, 0.25) is 0 Å². The number of rotatable bonds is 6. The van der Waals surface area contributed by atoms with Gasteiger partial charge in [-0.3, -0.25) is 0 Å². The molecule has 0 spiro atoms. The van der Waals surface area contributed by atoms with Crippen LogP contribution in [0.5, 0.6) is 5.75 Å². The van der Waals surface area contributed by atoms with Crippen molar-refractivity contribution in [2.24, 2.45) is 0 Å². The molecule has 3 rings (SSSR count). The number of aryl methyl sites for hydroxylation is 3. The molecule has 7 heteroatoms. The van der Waals surface area contributed by atoms with Gasteiger partial charge in [-0.15, -0.1) is 0 Å². The van der Waals surface area contributed by atoms with Gasteiger partial charge in [-0.2, -0.15) is 13.2 Å². The van der Waals surface area contributed by atoms with Crippen LogP contribution in [0.15, 0.2) is 75.4 Å². The minimum absolute atomic E-state index is 0.207. The first kappa shape index (κ1) is 26.7. The molecule has 3 nitrogen and oxygen atoms in total. The highest BCUT2D eigenvalue weighted by atomic mass is 32.2. The number of esters is 1. The fourth-order valence-electron chi connectivity index (χ4n) is 3.62. The molecule has 0 saturated carbocycles. The van der Waals surface area contributed by atoms with Crippen LogP contribution < -0.4 is 4.74 Å². The van der Waals surface area contributed by atoms with E-state index in [1.54, 1.807) is 32.9 Å². The highest BCUT2D eigenvalue weighted by Crippen LogP contribution is 2.37. The van der Waals surface area contributed by atoms with Gasteiger partial charge in [-0.25, -0.2) is 4.79 Å². The molecule has 0 aliphatic heterocycles. The minimum atomic E-state index is -4.39. The second-order valence-corrected chi connectivity index (χ2v) is 11.4. The molecule has 186 valence electrons. The Balaban J connectivity index is 1.98. The van der Waals surface area contributed by atoms with E-state index in [4.69, 9.17) is 9.47 Å². The Morgan fingerprint density at radius 1 is 0.800 bits per heavy atom. The summed E-state index contributed by atoms with van der Waals surface area (Å²) in [4.78, 5) is 14.8. The van der Waals surface area contributed by atoms with E-state index < -0.39 is 34.2 Å². The van der Waals surface area contributed by atoms with Gasteiger partial charge in [-0.1, -0.05) is 17.7 Å². The molecule has 1 atom stereocenters. The largest absolute Gasteiger partial charge is 0.481 e. The molecule has 0 aliphatic rings. The fourth-order valence-corrected chi connectivity index (χ4v) is 5.84. The molecule has 3 aromatic carbocycles. The number of hydrogen-bond donors (Lipinski definition) is 0. The average Bonchev–Trinajstić information content (AvgIpc) is 2.73. The zero-order valence-corrected chi connectivity index (χ0v) is 21.6. The summed E-state index contributed by atoms with van der Waals surface area (Å²) in [5.74, 6) is 0.143. The van der Waals surface area contributed by atoms with Gasteiger partial charge in [0.05, 0.1) is 16.5 Å². The molecule has 0 N–H and O–H groups in total. The molecule has 0 aliphatic carbocycles. The molecular formula is C28H30F3O3S+. The molecule has 0 fully saturated rings. The second kappa shape index (κ2) is 10.4. The Morgan fingerprint density at radius 2 is 1.29 bits per heavy atom. The lowest BCUT2D eigenvalue weighted by atomic mass is 10.1. The number of halogens is 3. The molecule has 0 radical (unpaired) electrons. The van der Waals surface area contributed by atoms with Gasteiger partial charge in [0, 0.05) is 12.1 Å². The van der Waals surface area contributed by atoms with Crippen molar-refractivity contribution in [2.75, 3.05) is 6.61 Å². The summed E-state index contributed by atoms with van der Waals surface area (Å²) in [7, 11) is -0.627. The lowest BCUT2D eigenvalue weighted by molar-refractivity contribution is -0.157. The Bertz CT molecular complexity index is 1160. The monoisotopic (exact) mass is 503 g/mol. The van der Waals surface area contributed by atoms with Gasteiger partial charge in [0.15, 0.2) is 21.3 Å². The summed E-state index contributed by atoms with van der Waals surface area (Å²) in [5, 5.41) is 0. The maximum Gasteiger partial charge on any atom is 0.416 e. The molecule has 0 heterocycles. The van der Waals surface area contributed by atoms with Gasteiger partial charge < -0.3 is 9.47 Å². The van der Waals surface area contributed by atoms with Crippen LogP contribution in [-0.2, 0) is 26.6 Å². The first-order chi connectivity index (χ1) is 16.2. The zero-order chi connectivity index (χ0) is 26.0. The Hall–Kier alpha value is -2.93. The van der Waals surface area contributed by atoms with E-state index in [0.29, 0.717) is 5.75 Å². The first-order valence-corrected chi connectivity index (χ1v) is 12.4. The van der Waals surface area contributed by atoms with Crippen LogP contribution in [0, 0.1) is 20.8 Å². The van der Waals surface area contributed by atoms with Crippen molar-refractivity contribution >= 4 is 16.9 Å². The standard InChI is InChI=1S/C28H30F3O3S/c1-18-7-11-22(12-8-18)35(23-13-9-21(10-14-23)28(29,30)31)24-15-19(2)26(20(3)16-24)33-17-25(32)34-27(4,5)6/h7-16H,17H2,1-6H3/q+1. The third-order valence-electron chi connectivity index (χ3n) is 5.10. The molecule has 0 saturated heterocycles. The number of benzene rings is 3. The zero-order valence-electron chi connectivity index (χ0n) is 20.7. The third-order valence-corrected chi connectivity index (χ3v) is 7.29. The molecule has 35 heavy (non-hydrogen) atoms. The van der Waals surface area contributed by atoms with Gasteiger partial charge in [-0.05, 0) is 89.1 Å². The van der Waals surface area contributed by atoms with Crippen molar-refractivity contribution in [1.29, 1.82) is 0 Å². The van der Waals surface area contributed by atoms with Crippen molar-refractivity contribution < 1.29 is 27.4 Å². The lowest BCUT2D eigenvalue weighted by Gasteiger charge is -2.20. The van der Waals surface area contributed by atoms with Crippen LogP contribution in [0.4, 0.5) is 13.2 Å². The molecule has 1 unspecified atom stereocenters. The SMILES string of the molecule is Cc1ccc([S+](c2ccc(C(F)(F)F)cc2)c2cc(C)c(OCC(=O)OC(C)(C)C)c(C)c2)cc1. The van der Waals surface area contributed by atoms with E-state index in [9.17, 15) is 18.0 Å². The summed E-state index contributed by atoms with van der Waals surface area (Å²) in [6.07, 6.45) is -4.39. The third kappa shape index (κ3) is 7.04. The Morgan fingerprint density at radius 3 is 1.74 bits per heavy atom. The summed E-state index contributed by atoms with van der Waals surface area (Å²) < 4.78 is 50.5. The van der Waals surface area contributed by atoms with Gasteiger partial charge in [0.25, 0.3) is 0 Å². The first-order valence-electron chi connectivity index (χ1n) is 11.2. The Labute approximate surface area is 207 Å². The number of alkyl halides is 3. The van der Waals surface area contributed by atoms with Crippen LogP contribution in [0.2, 0.25) is 0 Å². The topological polar surface area (TPSA) is 35.5 Å². The molecule has 3 aromatic rings. The number of carbonyl (C=O) groups excluding carboxylic acids is 1. The van der Waals surface area contributed by atoms with E-state index in [-0.39, 0.29) is 6.61 Å². The van der Waals surface area contributed by atoms with Crippen molar-refractivity contribution in [2.45, 2.75) is 68.0 Å². The quantitative estimate of drug-likeness (QED) is 0.259. The minimum Gasteiger partial charge on any atom is -0.481 e. The van der Waals surface area contributed by atoms with E-state index in [0.717, 1.165) is 43.5 Å². The van der Waals surface area contributed by atoms with Crippen molar-refractivity contribution in [3.63, 3.8) is 0 Å². The number of ether oxygens (including phenoxy) is 2. The van der Waals surface area contributed by atoms with Crippen LogP contribution in [-0.4, -0.2) is 18.2 Å². The van der Waals surface area contributed by atoms with E-state index in [1.807, 2.05) is 57.2 Å². The van der Waals surface area contributed by atoms with Gasteiger partial charge >= 0.3 is 12.1 Å². The summed E-state index contributed by atoms with van der Waals surface area (Å²) >= 11 is 0. The van der Waals surface area contributed by atoms with E-state index >= 15 is 0 Å². The fraction of sp³-hybridized carbons (Fsp3) is 0.321. The Kier molecular flexibility index (Phi) is 7.90. The highest BCUT2D eigenvalue weighted by molar-refractivity contribution is 7.97. The van der Waals surface area contributed by atoms with Crippen LogP contribution >= 0.6 is 0 Å². The van der Waals surface area contributed by atoms with Gasteiger partial charge in [0.1, 0.15) is 11.4 Å². The lowest BCUT2D eigenvalue weighted by Crippen LogP contribution is -2.27. The predicted octanol–water partition coefficient (Wildman–Crippen LogP) is 7.45. The maximum atomic E-state index is 13.1. The molecule has 0 bridgehead atoms. The van der Waals surface area contributed by atoms with Crippen LogP contribution in [0.25, 0.3) is 0 Å². The number of hydrogen-bond acceptors (Lipinski definition) is 3. The maximum absolute atomic E-state index is 13.1. The highest BCUT2D eigenvalue weighted by Gasteiger charge is 2.34. The van der Waals surface area contributed by atoms with Crippen molar-refractivity contribution in [3.8, 4) is 5.75 Å². The van der Waals surface area contributed by atoms with Crippen LogP contribution in [0.1, 0.15) is 43.0 Å². The molecule has 0 aromatic heterocycles. The smallest absolute Gasteiger partial charge is 0.416 e. The van der Waals surface area contributed by atoms with E-state index in [2.05, 4.69) is 0 Å². The molecular weight excluding hydrogens is 473 g/mol. The average molecular weight is 504 g/mol. The van der Waals surface area contributed by atoms with Crippen molar-refractivity contribution in [1.82, 2.24) is 0 Å².